The molecule has 2 amide bonds. The van der Waals surface area contributed by atoms with Crippen molar-refractivity contribution in [3.8, 4) is 11.4 Å². The van der Waals surface area contributed by atoms with Crippen LogP contribution in [0.3, 0.4) is 0 Å². The summed E-state index contributed by atoms with van der Waals surface area (Å²) >= 11 is 12.1. The van der Waals surface area contributed by atoms with E-state index >= 15 is 0 Å². The van der Waals surface area contributed by atoms with Gasteiger partial charge in [-0.2, -0.15) is 26.3 Å². The van der Waals surface area contributed by atoms with Gasteiger partial charge in [-0.15, -0.1) is 10.2 Å². The molecule has 3 fully saturated rings. The number of nitrogens with one attached hydrogen (secondary N) is 2. The van der Waals surface area contributed by atoms with Crippen molar-refractivity contribution in [2.75, 3.05) is 6.54 Å². The molecule has 0 atom stereocenters. The minimum Gasteiger partial charge on any atom is -0.475 e. The second-order valence-electron chi connectivity index (χ2n) is 11.3. The monoisotopic (exact) mass is 679 g/mol. The zero-order valence-corrected chi connectivity index (χ0v) is 25.3. The van der Waals surface area contributed by atoms with E-state index in [1.807, 2.05) is 0 Å². The first-order valence-corrected chi connectivity index (χ1v) is 14.5. The highest BCUT2D eigenvalue weighted by Crippen LogP contribution is 2.57. The van der Waals surface area contributed by atoms with Crippen LogP contribution in [0.5, 0.6) is 0 Å². The van der Waals surface area contributed by atoms with Crippen molar-refractivity contribution in [3.63, 3.8) is 0 Å². The van der Waals surface area contributed by atoms with E-state index in [-0.39, 0.29) is 28.2 Å². The van der Waals surface area contributed by atoms with Gasteiger partial charge in [0.25, 0.3) is 0 Å². The maximum absolute atomic E-state index is 13.6. The molecule has 16 heteroatoms. The van der Waals surface area contributed by atoms with Gasteiger partial charge in [0.1, 0.15) is 5.82 Å². The number of rotatable bonds is 6. The molecule has 2 aromatic carbocycles. The Hall–Kier alpha value is -3.52. The van der Waals surface area contributed by atoms with Gasteiger partial charge in [0, 0.05) is 41.2 Å². The number of aromatic nitrogens is 3. The van der Waals surface area contributed by atoms with E-state index in [9.17, 15) is 31.1 Å². The Labute approximate surface area is 264 Å². The number of alkyl halides is 6. The van der Waals surface area contributed by atoms with Gasteiger partial charge in [0.15, 0.2) is 5.82 Å². The third-order valence-corrected chi connectivity index (χ3v) is 9.13. The van der Waals surface area contributed by atoms with Crippen molar-refractivity contribution in [3.05, 3.63) is 69.5 Å². The molecule has 1 aromatic heterocycles. The molecule has 3 aliphatic rings. The van der Waals surface area contributed by atoms with Crippen molar-refractivity contribution in [1.29, 1.82) is 0 Å². The van der Waals surface area contributed by atoms with E-state index in [0.717, 1.165) is 56.0 Å². The van der Waals surface area contributed by atoms with E-state index in [1.54, 1.807) is 35.9 Å². The molecule has 3 aromatic rings. The summed E-state index contributed by atoms with van der Waals surface area (Å²) in [5.41, 5.74) is -0.114. The number of fused-ring (bicyclic) bond motifs is 3. The number of amides is 2. The van der Waals surface area contributed by atoms with Crippen LogP contribution in [-0.4, -0.2) is 44.6 Å². The van der Waals surface area contributed by atoms with Gasteiger partial charge in [-0.1, -0.05) is 47.5 Å². The molecule has 3 N–H and O–H groups in total. The van der Waals surface area contributed by atoms with Crippen LogP contribution < -0.4 is 10.6 Å². The number of hydrogen-bond donors (Lipinski definition) is 3. The Morgan fingerprint density at radius 2 is 1.53 bits per heavy atom. The highest BCUT2D eigenvalue weighted by molar-refractivity contribution is 6.35. The van der Waals surface area contributed by atoms with Gasteiger partial charge in [0.2, 0.25) is 0 Å². The van der Waals surface area contributed by atoms with Crippen molar-refractivity contribution in [2.24, 2.45) is 12.5 Å². The number of halogens is 8. The number of carbonyl (C=O) groups excluding carboxylic acids is 1. The highest BCUT2D eigenvalue weighted by Gasteiger charge is 2.51. The number of carboxylic acids is 1. The van der Waals surface area contributed by atoms with Crippen molar-refractivity contribution >= 4 is 35.2 Å². The zero-order valence-electron chi connectivity index (χ0n) is 23.8. The topological polar surface area (TPSA) is 109 Å². The smallest absolute Gasteiger partial charge is 0.475 e. The van der Waals surface area contributed by atoms with Crippen LogP contribution in [0.25, 0.3) is 11.4 Å². The third kappa shape index (κ3) is 7.83. The number of carbonyl (C=O) groups is 2. The molecule has 0 saturated heterocycles. The average molecular weight is 680 g/mol. The minimum atomic E-state index is -5.08. The second-order valence-corrected chi connectivity index (χ2v) is 12.1. The number of benzene rings is 2. The van der Waals surface area contributed by atoms with Crippen LogP contribution in [0, 0.1) is 5.41 Å². The zero-order chi connectivity index (χ0) is 33.2. The Balaban J connectivity index is 0.000000591. The minimum absolute atomic E-state index is 0.00130. The molecular formula is C29H29Cl2F6N5O3. The summed E-state index contributed by atoms with van der Waals surface area (Å²) < 4.78 is 74.3. The van der Waals surface area contributed by atoms with Crippen LogP contribution in [0.4, 0.5) is 31.1 Å². The molecule has 0 spiro atoms. The normalized spacial score (nSPS) is 21.1. The quantitative estimate of drug-likeness (QED) is 0.233. The summed E-state index contributed by atoms with van der Waals surface area (Å²) in [5.74, 6) is -1.79. The number of nitrogens with zero attached hydrogens (tertiary/aromatic N) is 3. The lowest BCUT2D eigenvalue weighted by molar-refractivity contribution is -0.192. The van der Waals surface area contributed by atoms with Crippen LogP contribution in [0.2, 0.25) is 10.0 Å². The third-order valence-electron chi connectivity index (χ3n) is 8.55. The molecule has 3 aliphatic carbocycles. The van der Waals surface area contributed by atoms with E-state index in [1.165, 1.54) is 12.1 Å². The van der Waals surface area contributed by atoms with Crippen LogP contribution in [-0.2, 0) is 30.0 Å². The van der Waals surface area contributed by atoms with Crippen molar-refractivity contribution in [1.82, 2.24) is 25.4 Å². The number of urea groups is 1. The van der Waals surface area contributed by atoms with Crippen LogP contribution in [0.15, 0.2) is 42.5 Å². The molecule has 3 saturated carbocycles. The Bertz CT molecular complexity index is 1540. The van der Waals surface area contributed by atoms with Gasteiger partial charge in [-0.3, -0.25) is 0 Å². The number of aliphatic carboxylic acids is 1. The maximum Gasteiger partial charge on any atom is 0.490 e. The summed E-state index contributed by atoms with van der Waals surface area (Å²) in [4.78, 5) is 21.4. The van der Waals surface area contributed by atoms with Gasteiger partial charge < -0.3 is 20.3 Å². The molecule has 244 valence electrons. The first-order chi connectivity index (χ1) is 21.0. The fourth-order valence-corrected chi connectivity index (χ4v) is 6.46. The fraction of sp³-hybridized carbons (Fsp3) is 0.448. The van der Waals surface area contributed by atoms with Crippen molar-refractivity contribution in [2.45, 2.75) is 62.8 Å². The first kappa shape index (κ1) is 34.4. The molecule has 8 nitrogen and oxygen atoms in total. The molecule has 1 heterocycles. The summed E-state index contributed by atoms with van der Waals surface area (Å²) in [6, 6.07) is 10.4. The predicted octanol–water partition coefficient (Wildman–Crippen LogP) is 7.53. The van der Waals surface area contributed by atoms with E-state index in [4.69, 9.17) is 33.1 Å². The molecule has 0 unspecified atom stereocenters. The lowest BCUT2D eigenvalue weighted by Crippen LogP contribution is -2.51. The summed E-state index contributed by atoms with van der Waals surface area (Å²) in [6.07, 6.45) is -4.31. The SMILES string of the molecule is Cn1c(-c2ccccc2C(F)(F)F)nnc1C12CCC(CNC(=O)NCc3ccc(Cl)cc3Cl)(CC1)CC2.O=C(O)C(F)(F)F. The lowest BCUT2D eigenvalue weighted by Gasteiger charge is -2.52. The molecule has 0 aliphatic heterocycles. The Kier molecular flexibility index (Phi) is 9.98. The van der Waals surface area contributed by atoms with Gasteiger partial charge >= 0.3 is 24.4 Å². The second kappa shape index (κ2) is 13.1. The fourth-order valence-electron chi connectivity index (χ4n) is 5.99. The summed E-state index contributed by atoms with van der Waals surface area (Å²) in [6.45, 7) is 0.857. The van der Waals surface area contributed by atoms with Gasteiger partial charge in [-0.25, -0.2) is 9.59 Å². The van der Waals surface area contributed by atoms with Crippen molar-refractivity contribution < 1.29 is 41.0 Å². The average Bonchev–Trinajstić information content (AvgIpc) is 3.38. The standard InChI is InChI=1S/C27H28Cl2F3N5O.C2HF3O2/c1-37-22(19-4-2-3-5-20(19)27(30,31)32)35-36-23(37)26-11-8-25(9-12-26,10-13-26)16-34-24(38)33-15-17-6-7-18(28)14-21(17)29;3-2(4,5)1(6)7/h2-7,14H,8-13,15-16H2,1H3,(H2,33,34,38);(H,6,7). The van der Waals surface area contributed by atoms with Gasteiger partial charge in [-0.05, 0) is 67.7 Å². The first-order valence-electron chi connectivity index (χ1n) is 13.8. The van der Waals surface area contributed by atoms with E-state index in [2.05, 4.69) is 20.8 Å². The molecule has 45 heavy (non-hydrogen) atoms. The Morgan fingerprint density at radius 1 is 0.933 bits per heavy atom. The molecule has 2 bridgehead atoms. The number of hydrogen-bond acceptors (Lipinski definition) is 4. The van der Waals surface area contributed by atoms with Crippen LogP contribution >= 0.6 is 23.2 Å². The predicted molar refractivity (Wildman–Crippen MR) is 154 cm³/mol. The summed E-state index contributed by atoms with van der Waals surface area (Å²) in [7, 11) is 1.75. The molecule has 6 rings (SSSR count). The van der Waals surface area contributed by atoms with Crippen LogP contribution in [0.1, 0.15) is 55.5 Å². The molecule has 0 radical (unpaired) electrons. The van der Waals surface area contributed by atoms with E-state index < -0.39 is 23.9 Å². The summed E-state index contributed by atoms with van der Waals surface area (Å²) in [5, 5.41) is 22.7. The van der Waals surface area contributed by atoms with Gasteiger partial charge in [0.05, 0.1) is 5.56 Å². The lowest BCUT2D eigenvalue weighted by atomic mass is 9.53. The maximum atomic E-state index is 13.6. The van der Waals surface area contributed by atoms with E-state index in [0.29, 0.717) is 23.1 Å². The molecular weight excluding hydrogens is 651 g/mol. The largest absolute Gasteiger partial charge is 0.490 e. The Morgan fingerprint density at radius 3 is 2.09 bits per heavy atom. The highest BCUT2D eigenvalue weighted by atomic mass is 35.5. The number of carboxylic acid groups (broad SMARTS) is 1.